The summed E-state index contributed by atoms with van der Waals surface area (Å²) in [7, 11) is 1.33. The van der Waals surface area contributed by atoms with E-state index in [1.54, 1.807) is 0 Å². The van der Waals surface area contributed by atoms with Crippen LogP contribution in [0.4, 0.5) is 8.78 Å². The van der Waals surface area contributed by atoms with Crippen LogP contribution >= 0.6 is 0 Å². The summed E-state index contributed by atoms with van der Waals surface area (Å²) in [5.41, 5.74) is 5.31. The fraction of sp³-hybridized carbons (Fsp3) is 0.533. The summed E-state index contributed by atoms with van der Waals surface area (Å²) in [6, 6.07) is 4.10. The molecule has 1 amide bonds. The van der Waals surface area contributed by atoms with Crippen molar-refractivity contribution in [3.8, 4) is 11.5 Å². The van der Waals surface area contributed by atoms with Gasteiger partial charge in [0.1, 0.15) is 0 Å². The summed E-state index contributed by atoms with van der Waals surface area (Å²) in [6.45, 7) is 2.96. The van der Waals surface area contributed by atoms with Crippen LogP contribution in [0.1, 0.15) is 31.1 Å². The second-order valence-electron chi connectivity index (χ2n) is 5.47. The number of ether oxygens (including phenoxy) is 2. The van der Waals surface area contributed by atoms with E-state index < -0.39 is 18.1 Å². The summed E-state index contributed by atoms with van der Waals surface area (Å²) in [4.78, 5) is 12.3. The first-order chi connectivity index (χ1) is 10.2. The molecule has 1 aromatic carbocycles. The standard InChI is InChI=1S/C15H22F2N2O3/c1-9(2)15(3,8-18)19-13(20)10-5-6-11(21-4)12(7-10)22-14(16)17/h5-7,9,14H,8,18H2,1-4H3,(H,19,20). The highest BCUT2D eigenvalue weighted by Crippen LogP contribution is 2.29. The third-order valence-electron chi connectivity index (χ3n) is 3.74. The predicted molar refractivity (Wildman–Crippen MR) is 79.4 cm³/mol. The molecule has 0 saturated heterocycles. The number of benzene rings is 1. The van der Waals surface area contributed by atoms with E-state index in [0.717, 1.165) is 0 Å². The lowest BCUT2D eigenvalue weighted by atomic mass is 9.88. The number of hydrogen-bond donors (Lipinski definition) is 2. The van der Waals surface area contributed by atoms with Crippen molar-refractivity contribution in [1.82, 2.24) is 5.32 Å². The molecule has 1 unspecified atom stereocenters. The van der Waals surface area contributed by atoms with E-state index in [2.05, 4.69) is 10.1 Å². The van der Waals surface area contributed by atoms with Crippen molar-refractivity contribution < 1.29 is 23.0 Å². The quantitative estimate of drug-likeness (QED) is 0.810. The maximum absolute atomic E-state index is 12.4. The molecule has 0 aromatic heterocycles. The van der Waals surface area contributed by atoms with Gasteiger partial charge in [0.15, 0.2) is 11.5 Å². The molecule has 1 atom stereocenters. The van der Waals surface area contributed by atoms with Crippen molar-refractivity contribution in [3.63, 3.8) is 0 Å². The Morgan fingerprint density at radius 1 is 1.36 bits per heavy atom. The smallest absolute Gasteiger partial charge is 0.387 e. The van der Waals surface area contributed by atoms with Gasteiger partial charge < -0.3 is 20.5 Å². The fourth-order valence-corrected chi connectivity index (χ4v) is 1.77. The van der Waals surface area contributed by atoms with Gasteiger partial charge in [-0.15, -0.1) is 0 Å². The molecular formula is C15H22F2N2O3. The van der Waals surface area contributed by atoms with Gasteiger partial charge >= 0.3 is 6.61 Å². The lowest BCUT2D eigenvalue weighted by Gasteiger charge is -2.33. The first-order valence-corrected chi connectivity index (χ1v) is 6.89. The Balaban J connectivity index is 3.03. The van der Waals surface area contributed by atoms with Gasteiger partial charge in [0.05, 0.1) is 12.6 Å². The first kappa shape index (κ1) is 18.2. The van der Waals surface area contributed by atoms with Crippen molar-refractivity contribution in [3.05, 3.63) is 23.8 Å². The molecular weight excluding hydrogens is 294 g/mol. The summed E-state index contributed by atoms with van der Waals surface area (Å²) < 4.78 is 34.1. The van der Waals surface area contributed by atoms with Gasteiger partial charge in [-0.25, -0.2) is 0 Å². The zero-order valence-corrected chi connectivity index (χ0v) is 13.2. The number of carbonyl (C=O) groups is 1. The Morgan fingerprint density at radius 2 is 2.00 bits per heavy atom. The van der Waals surface area contributed by atoms with Crippen LogP contribution < -0.4 is 20.5 Å². The lowest BCUT2D eigenvalue weighted by Crippen LogP contribution is -2.55. The van der Waals surface area contributed by atoms with Crippen LogP contribution in [0.2, 0.25) is 0 Å². The number of carbonyl (C=O) groups excluding carboxylic acids is 1. The number of nitrogens with two attached hydrogens (primary N) is 1. The van der Waals surface area contributed by atoms with Crippen LogP contribution in [0.15, 0.2) is 18.2 Å². The van der Waals surface area contributed by atoms with Crippen LogP contribution in [0.25, 0.3) is 0 Å². The third-order valence-corrected chi connectivity index (χ3v) is 3.74. The summed E-state index contributed by atoms with van der Waals surface area (Å²) in [5.74, 6) is -0.369. The molecule has 0 aliphatic carbocycles. The van der Waals surface area contributed by atoms with Crippen molar-refractivity contribution in [2.24, 2.45) is 11.7 Å². The minimum Gasteiger partial charge on any atom is -0.493 e. The molecule has 1 aromatic rings. The molecule has 0 aliphatic heterocycles. The van der Waals surface area contributed by atoms with Gasteiger partial charge in [-0.1, -0.05) is 13.8 Å². The van der Waals surface area contributed by atoms with E-state index in [0.29, 0.717) is 0 Å². The SMILES string of the molecule is COc1ccc(C(=O)NC(C)(CN)C(C)C)cc1OC(F)F. The van der Waals surface area contributed by atoms with E-state index in [1.165, 1.54) is 25.3 Å². The van der Waals surface area contributed by atoms with E-state index in [9.17, 15) is 13.6 Å². The monoisotopic (exact) mass is 316 g/mol. The van der Waals surface area contributed by atoms with Crippen LogP contribution in [0, 0.1) is 5.92 Å². The average Bonchev–Trinajstić information content (AvgIpc) is 2.46. The molecule has 0 aliphatic rings. The fourth-order valence-electron chi connectivity index (χ4n) is 1.77. The van der Waals surface area contributed by atoms with Crippen LogP contribution in [-0.2, 0) is 0 Å². The number of nitrogens with one attached hydrogen (secondary N) is 1. The molecule has 0 fully saturated rings. The third kappa shape index (κ3) is 4.30. The van der Waals surface area contributed by atoms with Crippen molar-refractivity contribution >= 4 is 5.91 Å². The van der Waals surface area contributed by atoms with Gasteiger partial charge in [-0.3, -0.25) is 4.79 Å². The number of alkyl halides is 2. The van der Waals surface area contributed by atoms with Crippen LogP contribution in [0.3, 0.4) is 0 Å². The zero-order valence-electron chi connectivity index (χ0n) is 13.2. The Hall–Kier alpha value is -1.89. The number of methoxy groups -OCH3 is 1. The molecule has 0 bridgehead atoms. The van der Waals surface area contributed by atoms with E-state index in [4.69, 9.17) is 10.5 Å². The van der Waals surface area contributed by atoms with Crippen molar-refractivity contribution in [2.75, 3.05) is 13.7 Å². The van der Waals surface area contributed by atoms with E-state index in [1.807, 2.05) is 20.8 Å². The molecule has 5 nitrogen and oxygen atoms in total. The Kier molecular flexibility index (Phi) is 6.11. The van der Waals surface area contributed by atoms with Gasteiger partial charge in [0.25, 0.3) is 5.91 Å². The first-order valence-electron chi connectivity index (χ1n) is 6.89. The normalized spacial score (nSPS) is 13.9. The van der Waals surface area contributed by atoms with Gasteiger partial charge in [-0.2, -0.15) is 8.78 Å². The molecule has 3 N–H and O–H groups in total. The highest BCUT2D eigenvalue weighted by molar-refractivity contribution is 5.95. The summed E-state index contributed by atoms with van der Waals surface area (Å²) in [6.07, 6.45) is 0. The Labute approximate surface area is 128 Å². The van der Waals surface area contributed by atoms with Crippen molar-refractivity contribution in [1.29, 1.82) is 0 Å². The molecule has 22 heavy (non-hydrogen) atoms. The second-order valence-corrected chi connectivity index (χ2v) is 5.47. The minimum absolute atomic E-state index is 0.108. The topological polar surface area (TPSA) is 73.6 Å². The zero-order chi connectivity index (χ0) is 16.9. The Bertz CT molecular complexity index is 524. The number of halogens is 2. The van der Waals surface area contributed by atoms with Gasteiger partial charge in [-0.05, 0) is 31.0 Å². The summed E-state index contributed by atoms with van der Waals surface area (Å²) in [5, 5.41) is 2.83. The van der Waals surface area contributed by atoms with Crippen LogP contribution in [-0.4, -0.2) is 31.7 Å². The molecule has 0 heterocycles. The second kappa shape index (κ2) is 7.40. The predicted octanol–water partition coefficient (Wildman–Crippen LogP) is 2.40. The molecule has 0 radical (unpaired) electrons. The molecule has 0 spiro atoms. The number of hydrogen-bond acceptors (Lipinski definition) is 4. The maximum Gasteiger partial charge on any atom is 0.387 e. The average molecular weight is 316 g/mol. The van der Waals surface area contributed by atoms with E-state index in [-0.39, 0.29) is 29.5 Å². The highest BCUT2D eigenvalue weighted by atomic mass is 19.3. The maximum atomic E-state index is 12.4. The van der Waals surface area contributed by atoms with Crippen molar-refractivity contribution in [2.45, 2.75) is 32.9 Å². The molecule has 0 saturated carbocycles. The van der Waals surface area contributed by atoms with Crippen LogP contribution in [0.5, 0.6) is 11.5 Å². The molecule has 124 valence electrons. The minimum atomic E-state index is -3.00. The molecule has 7 heteroatoms. The molecule has 1 rings (SSSR count). The number of rotatable bonds is 7. The largest absolute Gasteiger partial charge is 0.493 e. The summed E-state index contributed by atoms with van der Waals surface area (Å²) >= 11 is 0. The van der Waals surface area contributed by atoms with Gasteiger partial charge in [0.2, 0.25) is 0 Å². The highest BCUT2D eigenvalue weighted by Gasteiger charge is 2.29. The van der Waals surface area contributed by atoms with Gasteiger partial charge in [0, 0.05) is 12.1 Å². The van der Waals surface area contributed by atoms with E-state index >= 15 is 0 Å². The Morgan fingerprint density at radius 3 is 2.45 bits per heavy atom. The lowest BCUT2D eigenvalue weighted by molar-refractivity contribution is -0.0512. The number of amides is 1.